The average Bonchev–Trinajstić information content (AvgIpc) is 2.79. The minimum Gasteiger partial charge on any atom is -0.508 e. The predicted octanol–water partition coefficient (Wildman–Crippen LogP) is 0.108. The molecule has 2 aliphatic heterocycles. The first-order chi connectivity index (χ1) is 15.7. The molecule has 1 fully saturated rings. The second-order valence-corrected chi connectivity index (χ2v) is 7.65. The molecule has 1 unspecified atom stereocenters. The second kappa shape index (κ2) is 8.96. The molecular weight excluding hydrogens is 440 g/mol. The Hall–Kier alpha value is -3.22. The minimum atomic E-state index is -1.68. The van der Waals surface area contributed by atoms with Crippen molar-refractivity contribution in [1.29, 1.82) is 0 Å². The fourth-order valence-electron chi connectivity index (χ4n) is 3.73. The minimum absolute atomic E-state index is 0.0510. The molecule has 1 aromatic rings. The molecule has 11 heteroatoms. The average molecular weight is 464 g/mol. The van der Waals surface area contributed by atoms with Gasteiger partial charge in [-0.25, -0.2) is 0 Å². The summed E-state index contributed by atoms with van der Waals surface area (Å²) < 4.78 is 22.2. The molecule has 3 aliphatic rings. The van der Waals surface area contributed by atoms with E-state index in [1.54, 1.807) is 6.07 Å². The number of hydrogen-bond acceptors (Lipinski definition) is 11. The van der Waals surface area contributed by atoms with E-state index in [4.69, 9.17) is 18.9 Å². The van der Waals surface area contributed by atoms with Crippen molar-refractivity contribution < 1.29 is 54.7 Å². The zero-order valence-corrected chi connectivity index (χ0v) is 17.4. The highest BCUT2D eigenvalue weighted by atomic mass is 16.7. The Balaban J connectivity index is 1.76. The van der Waals surface area contributed by atoms with Crippen molar-refractivity contribution in [2.75, 3.05) is 13.7 Å². The van der Waals surface area contributed by atoms with Crippen LogP contribution in [-0.2, 0) is 14.2 Å². The normalized spacial score (nSPS) is 31.6. The van der Waals surface area contributed by atoms with Crippen LogP contribution < -0.4 is 4.74 Å². The molecule has 2 heterocycles. The van der Waals surface area contributed by atoms with Crippen LogP contribution in [0.1, 0.15) is 5.56 Å². The zero-order valence-electron chi connectivity index (χ0n) is 17.4. The van der Waals surface area contributed by atoms with Gasteiger partial charge in [-0.15, -0.1) is 0 Å². The van der Waals surface area contributed by atoms with Gasteiger partial charge in [0, 0.05) is 23.3 Å². The van der Waals surface area contributed by atoms with Crippen molar-refractivity contribution in [3.63, 3.8) is 0 Å². The maximum Gasteiger partial charge on any atom is 0.229 e. The van der Waals surface area contributed by atoms with Crippen LogP contribution >= 0.6 is 0 Å². The lowest BCUT2D eigenvalue weighted by atomic mass is 9.96. The van der Waals surface area contributed by atoms with Gasteiger partial charge in [0.1, 0.15) is 42.0 Å². The lowest BCUT2D eigenvalue weighted by molar-refractivity contribution is -0.290. The Morgan fingerprint density at radius 3 is 2.42 bits per heavy atom. The molecule has 178 valence electrons. The summed E-state index contributed by atoms with van der Waals surface area (Å²) in [6.45, 7) is -0.643. The summed E-state index contributed by atoms with van der Waals surface area (Å²) in [5, 5.41) is 70.2. The van der Waals surface area contributed by atoms with Gasteiger partial charge in [-0.3, -0.25) is 0 Å². The van der Waals surface area contributed by atoms with Gasteiger partial charge < -0.3 is 54.7 Å². The van der Waals surface area contributed by atoms with Crippen molar-refractivity contribution in [3.8, 4) is 11.5 Å². The number of aliphatic hydroxyl groups excluding tert-OH is 6. The van der Waals surface area contributed by atoms with Crippen LogP contribution in [-0.4, -0.2) is 86.3 Å². The Morgan fingerprint density at radius 2 is 1.76 bits per heavy atom. The highest BCUT2D eigenvalue weighted by Crippen LogP contribution is 2.39. The van der Waals surface area contributed by atoms with Gasteiger partial charge in [0.25, 0.3) is 0 Å². The van der Waals surface area contributed by atoms with Crippen molar-refractivity contribution in [2.45, 2.75) is 36.8 Å². The maximum absolute atomic E-state index is 10.4. The standard InChI is InChI=1S/C22H24O11/c1-30-14-3-2-9(4-13(14)26)21-16(7-11-12(25)5-10(24)6-15(11)31-21)32-22-20(29)19(28)18(27)17(8-23)33-22/h2-7,15,17-20,22-29H,8H2,1H3/t15?,17-,18-,19+,20-,22-/m1/s1. The number of hydrogen-bond donors (Lipinski definition) is 7. The quantitative estimate of drug-likeness (QED) is 0.314. The molecule has 0 radical (unpaired) electrons. The van der Waals surface area contributed by atoms with E-state index in [9.17, 15) is 35.7 Å². The number of aromatic hydroxyl groups is 1. The number of rotatable bonds is 5. The van der Waals surface area contributed by atoms with Gasteiger partial charge in [-0.2, -0.15) is 0 Å². The first-order valence-corrected chi connectivity index (χ1v) is 10.0. The van der Waals surface area contributed by atoms with Crippen molar-refractivity contribution >= 4 is 5.76 Å². The van der Waals surface area contributed by atoms with Crippen molar-refractivity contribution in [1.82, 2.24) is 0 Å². The lowest BCUT2D eigenvalue weighted by Gasteiger charge is -2.40. The fourth-order valence-corrected chi connectivity index (χ4v) is 3.73. The lowest BCUT2D eigenvalue weighted by Crippen LogP contribution is -2.59. The largest absolute Gasteiger partial charge is 0.508 e. The molecule has 6 atom stereocenters. The van der Waals surface area contributed by atoms with Crippen LogP contribution in [0.3, 0.4) is 0 Å². The summed E-state index contributed by atoms with van der Waals surface area (Å²) in [5.41, 5.74) is 0.555. The fraction of sp³-hybridized carbons (Fsp3) is 0.364. The summed E-state index contributed by atoms with van der Waals surface area (Å²) in [4.78, 5) is 0. The molecule has 1 aromatic carbocycles. The number of aliphatic hydroxyl groups is 6. The molecule has 0 aromatic heterocycles. The van der Waals surface area contributed by atoms with Gasteiger partial charge in [-0.1, -0.05) is 0 Å². The molecule has 7 N–H and O–H groups in total. The molecular formula is C22H24O11. The van der Waals surface area contributed by atoms with E-state index in [-0.39, 0.29) is 40.1 Å². The molecule has 0 saturated carbocycles. The van der Waals surface area contributed by atoms with Gasteiger partial charge in [0.15, 0.2) is 23.0 Å². The third-order valence-electron chi connectivity index (χ3n) is 5.50. The summed E-state index contributed by atoms with van der Waals surface area (Å²) in [6, 6.07) is 4.38. The summed E-state index contributed by atoms with van der Waals surface area (Å²) in [6.07, 6.45) is -4.68. The number of fused-ring (bicyclic) bond motifs is 1. The van der Waals surface area contributed by atoms with E-state index < -0.39 is 43.4 Å². The van der Waals surface area contributed by atoms with E-state index in [1.807, 2.05) is 0 Å². The van der Waals surface area contributed by atoms with Gasteiger partial charge in [0.2, 0.25) is 6.29 Å². The number of phenolic OH excluding ortho intramolecular Hbond substituents is 1. The SMILES string of the molecule is COc1ccc(C2=C(O[C@@H]3O[C@H](CO)[C@@H](O)[C@H](O)[C@H]3O)C=C3C(O)=CC(O)=CC3O2)cc1O. The Morgan fingerprint density at radius 1 is 1.00 bits per heavy atom. The van der Waals surface area contributed by atoms with Crippen molar-refractivity contribution in [2.24, 2.45) is 0 Å². The van der Waals surface area contributed by atoms with E-state index in [0.29, 0.717) is 5.56 Å². The Labute approximate surface area is 188 Å². The van der Waals surface area contributed by atoms with Crippen LogP contribution in [0, 0.1) is 0 Å². The molecule has 1 aliphatic carbocycles. The zero-order chi connectivity index (χ0) is 23.9. The molecule has 4 rings (SSSR count). The number of phenols is 1. The summed E-state index contributed by atoms with van der Waals surface area (Å²) in [7, 11) is 1.39. The molecule has 0 amide bonds. The second-order valence-electron chi connectivity index (χ2n) is 7.65. The predicted molar refractivity (Wildman–Crippen MR) is 111 cm³/mol. The summed E-state index contributed by atoms with van der Waals surface area (Å²) in [5.74, 6) is -0.491. The number of allylic oxidation sites excluding steroid dienone is 2. The molecule has 33 heavy (non-hydrogen) atoms. The third-order valence-corrected chi connectivity index (χ3v) is 5.50. The van der Waals surface area contributed by atoms with Gasteiger partial charge >= 0.3 is 0 Å². The topological polar surface area (TPSA) is 179 Å². The molecule has 11 nitrogen and oxygen atoms in total. The van der Waals surface area contributed by atoms with Crippen LogP contribution in [0.5, 0.6) is 11.5 Å². The first-order valence-electron chi connectivity index (χ1n) is 10.0. The Bertz CT molecular complexity index is 1040. The third kappa shape index (κ3) is 4.24. The summed E-state index contributed by atoms with van der Waals surface area (Å²) >= 11 is 0. The van der Waals surface area contributed by atoms with Crippen LogP contribution in [0.2, 0.25) is 0 Å². The van der Waals surface area contributed by atoms with Gasteiger partial charge in [-0.05, 0) is 24.3 Å². The molecule has 0 bridgehead atoms. The maximum atomic E-state index is 10.4. The molecule has 1 saturated heterocycles. The van der Waals surface area contributed by atoms with Crippen molar-refractivity contribution in [3.05, 3.63) is 64.8 Å². The molecule has 0 spiro atoms. The smallest absolute Gasteiger partial charge is 0.229 e. The van der Waals surface area contributed by atoms with Crippen LogP contribution in [0.4, 0.5) is 0 Å². The van der Waals surface area contributed by atoms with E-state index >= 15 is 0 Å². The van der Waals surface area contributed by atoms with E-state index in [1.165, 1.54) is 31.4 Å². The number of methoxy groups -OCH3 is 1. The van der Waals surface area contributed by atoms with Crippen LogP contribution in [0.25, 0.3) is 5.76 Å². The highest BCUT2D eigenvalue weighted by Gasteiger charge is 2.45. The van der Waals surface area contributed by atoms with E-state index in [2.05, 4.69) is 0 Å². The first kappa shape index (κ1) is 23.0. The van der Waals surface area contributed by atoms with E-state index in [0.717, 1.165) is 6.08 Å². The number of benzene rings is 1. The number of ether oxygens (including phenoxy) is 4. The highest BCUT2D eigenvalue weighted by molar-refractivity contribution is 5.70. The Kier molecular flexibility index (Phi) is 6.23. The van der Waals surface area contributed by atoms with Gasteiger partial charge in [0.05, 0.1) is 13.7 Å². The van der Waals surface area contributed by atoms with Crippen LogP contribution in [0.15, 0.2) is 59.3 Å². The monoisotopic (exact) mass is 464 g/mol.